The summed E-state index contributed by atoms with van der Waals surface area (Å²) in [4.78, 5) is 28.7. The second-order valence-corrected chi connectivity index (χ2v) is 9.97. The number of Topliss-reactive ketones (excluding diaryl/α,β-unsaturated/α-hetero) is 1. The van der Waals surface area contributed by atoms with Crippen molar-refractivity contribution in [3.63, 3.8) is 0 Å². The predicted octanol–water partition coefficient (Wildman–Crippen LogP) is 2.62. The second kappa shape index (κ2) is 9.98. The molecule has 0 spiro atoms. The maximum absolute atomic E-state index is 12.2. The van der Waals surface area contributed by atoms with E-state index >= 15 is 0 Å². The maximum atomic E-state index is 12.2. The van der Waals surface area contributed by atoms with Gasteiger partial charge in [-0.3, -0.25) is 9.59 Å². The minimum Gasteiger partial charge on any atom is -0.352 e. The summed E-state index contributed by atoms with van der Waals surface area (Å²) in [5, 5.41) is 9.63. The van der Waals surface area contributed by atoms with Crippen LogP contribution in [0.5, 0.6) is 0 Å². The van der Waals surface area contributed by atoms with Gasteiger partial charge in [0.15, 0.2) is 10.1 Å². The number of benzene rings is 2. The highest BCUT2D eigenvalue weighted by atomic mass is 32.2. The van der Waals surface area contributed by atoms with Crippen LogP contribution < -0.4 is 10.5 Å². The fraction of sp³-hybridized carbons (Fsp3) is 0.150. The summed E-state index contributed by atoms with van der Waals surface area (Å²) in [6.45, 7) is 0.265. The van der Waals surface area contributed by atoms with Crippen molar-refractivity contribution in [3.8, 4) is 0 Å². The third-order valence-corrected chi connectivity index (χ3v) is 7.04. The normalized spacial score (nSPS) is 11.2. The molecule has 0 saturated heterocycles. The van der Waals surface area contributed by atoms with Crippen LogP contribution >= 0.6 is 23.1 Å². The van der Waals surface area contributed by atoms with Gasteiger partial charge >= 0.3 is 0 Å². The fourth-order valence-electron chi connectivity index (χ4n) is 2.50. The second-order valence-electron chi connectivity index (χ2n) is 6.33. The van der Waals surface area contributed by atoms with Crippen molar-refractivity contribution in [2.75, 3.05) is 5.75 Å². The molecule has 1 aromatic heterocycles. The van der Waals surface area contributed by atoms with Crippen molar-refractivity contribution in [3.05, 3.63) is 76.8 Å². The zero-order valence-corrected chi connectivity index (χ0v) is 18.2. The number of rotatable bonds is 9. The fourth-order valence-corrected chi connectivity index (χ4v) is 4.75. The number of sulfonamides is 1. The van der Waals surface area contributed by atoms with Gasteiger partial charge in [0.05, 0.1) is 22.8 Å². The van der Waals surface area contributed by atoms with E-state index in [1.165, 1.54) is 35.2 Å². The molecule has 0 radical (unpaired) electrons. The van der Waals surface area contributed by atoms with E-state index in [9.17, 15) is 18.0 Å². The third-order valence-electron chi connectivity index (χ3n) is 4.04. The van der Waals surface area contributed by atoms with Crippen LogP contribution in [0.3, 0.4) is 0 Å². The van der Waals surface area contributed by atoms with E-state index in [2.05, 4.69) is 10.3 Å². The number of nitrogens with two attached hydrogens (primary N) is 1. The van der Waals surface area contributed by atoms with Gasteiger partial charge in [-0.15, -0.1) is 11.3 Å². The molecule has 156 valence electrons. The lowest BCUT2D eigenvalue weighted by Crippen LogP contribution is -2.24. The quantitative estimate of drug-likeness (QED) is 0.373. The Morgan fingerprint density at radius 3 is 2.43 bits per heavy atom. The number of primary sulfonamides is 1. The predicted molar refractivity (Wildman–Crippen MR) is 117 cm³/mol. The van der Waals surface area contributed by atoms with Crippen LogP contribution in [0, 0.1) is 0 Å². The number of nitrogens with one attached hydrogen (secondary N) is 1. The molecular weight excluding hydrogens is 442 g/mol. The van der Waals surface area contributed by atoms with Crippen LogP contribution in [0.4, 0.5) is 0 Å². The number of thioether (sulfide) groups is 1. The lowest BCUT2D eigenvalue weighted by atomic mass is 10.2. The zero-order valence-electron chi connectivity index (χ0n) is 15.8. The van der Waals surface area contributed by atoms with Gasteiger partial charge in [0.1, 0.15) is 0 Å². The molecule has 0 aliphatic rings. The highest BCUT2D eigenvalue weighted by Crippen LogP contribution is 2.24. The van der Waals surface area contributed by atoms with Gasteiger partial charge in [-0.25, -0.2) is 18.5 Å². The van der Waals surface area contributed by atoms with Crippen LogP contribution in [-0.2, 0) is 27.8 Å². The molecule has 0 aliphatic carbocycles. The van der Waals surface area contributed by atoms with Crippen LogP contribution in [0.1, 0.15) is 21.6 Å². The summed E-state index contributed by atoms with van der Waals surface area (Å²) >= 11 is 2.75. The molecular formula is C20H19N3O4S3. The number of hydrogen-bond donors (Lipinski definition) is 2. The van der Waals surface area contributed by atoms with Gasteiger partial charge in [-0.1, -0.05) is 54.2 Å². The Morgan fingerprint density at radius 2 is 1.77 bits per heavy atom. The Morgan fingerprint density at radius 1 is 1.07 bits per heavy atom. The Bertz CT molecular complexity index is 1130. The Hall–Kier alpha value is -2.53. The first-order chi connectivity index (χ1) is 14.3. The molecule has 0 bridgehead atoms. The summed E-state index contributed by atoms with van der Waals surface area (Å²) < 4.78 is 23.2. The van der Waals surface area contributed by atoms with Gasteiger partial charge in [0, 0.05) is 17.5 Å². The zero-order chi connectivity index (χ0) is 21.6. The molecule has 30 heavy (non-hydrogen) atoms. The largest absolute Gasteiger partial charge is 0.352 e. The number of carbonyl (C=O) groups is 2. The first kappa shape index (κ1) is 22.2. The Labute approximate surface area is 182 Å². The molecule has 0 fully saturated rings. The average Bonchev–Trinajstić information content (AvgIpc) is 3.18. The lowest BCUT2D eigenvalue weighted by Gasteiger charge is -2.05. The van der Waals surface area contributed by atoms with Crippen molar-refractivity contribution in [2.24, 2.45) is 5.14 Å². The molecule has 3 aromatic rings. The topological polar surface area (TPSA) is 119 Å². The summed E-state index contributed by atoms with van der Waals surface area (Å²) in [6.07, 6.45) is 0.124. The molecule has 0 aliphatic heterocycles. The van der Waals surface area contributed by atoms with Crippen LogP contribution in [0.15, 0.2) is 69.2 Å². The Balaban J connectivity index is 1.46. The van der Waals surface area contributed by atoms with E-state index in [-0.39, 0.29) is 35.3 Å². The van der Waals surface area contributed by atoms with Gasteiger partial charge in [0.2, 0.25) is 15.9 Å². The van der Waals surface area contributed by atoms with Crippen molar-refractivity contribution in [1.82, 2.24) is 10.3 Å². The maximum Gasteiger partial charge on any atom is 0.238 e. The van der Waals surface area contributed by atoms with Crippen LogP contribution in [-0.4, -0.2) is 30.8 Å². The first-order valence-electron chi connectivity index (χ1n) is 8.85. The lowest BCUT2D eigenvalue weighted by molar-refractivity contribution is -0.120. The third kappa shape index (κ3) is 6.49. The molecule has 7 nitrogen and oxygen atoms in total. The molecule has 0 saturated carbocycles. The molecule has 1 heterocycles. The molecule has 3 N–H and O–H groups in total. The first-order valence-corrected chi connectivity index (χ1v) is 12.3. The van der Waals surface area contributed by atoms with Gasteiger partial charge in [0.25, 0.3) is 0 Å². The minimum atomic E-state index is -3.73. The summed E-state index contributed by atoms with van der Waals surface area (Å²) in [5.74, 6) is 0.119. The molecule has 2 aromatic carbocycles. The van der Waals surface area contributed by atoms with Crippen molar-refractivity contribution < 1.29 is 18.0 Å². The highest BCUT2D eigenvalue weighted by Gasteiger charge is 2.11. The van der Waals surface area contributed by atoms with E-state index in [0.29, 0.717) is 11.3 Å². The van der Waals surface area contributed by atoms with E-state index in [1.807, 2.05) is 18.2 Å². The van der Waals surface area contributed by atoms with Crippen molar-refractivity contribution in [2.45, 2.75) is 22.2 Å². The monoisotopic (exact) mass is 461 g/mol. The SMILES string of the molecule is NS(=O)(=O)c1ccc(CNC(=O)Cc2csc(SCC(=O)c3ccccc3)n2)cc1. The van der Waals surface area contributed by atoms with Gasteiger partial charge in [-0.2, -0.15) is 0 Å². The molecule has 0 atom stereocenters. The van der Waals surface area contributed by atoms with Crippen molar-refractivity contribution in [1.29, 1.82) is 0 Å². The van der Waals surface area contributed by atoms with Crippen LogP contribution in [0.25, 0.3) is 0 Å². The van der Waals surface area contributed by atoms with Crippen molar-refractivity contribution >= 4 is 44.8 Å². The van der Waals surface area contributed by atoms with Gasteiger partial charge in [-0.05, 0) is 17.7 Å². The highest BCUT2D eigenvalue weighted by molar-refractivity contribution is 8.01. The molecule has 3 rings (SSSR count). The summed E-state index contributed by atoms with van der Waals surface area (Å²) in [6, 6.07) is 15.1. The Kier molecular flexibility index (Phi) is 7.38. The molecule has 1 amide bonds. The number of aromatic nitrogens is 1. The summed E-state index contributed by atoms with van der Waals surface area (Å²) in [7, 11) is -3.73. The number of carbonyl (C=O) groups excluding carboxylic acids is 2. The van der Waals surface area contributed by atoms with E-state index < -0.39 is 10.0 Å². The number of hydrogen-bond acceptors (Lipinski definition) is 7. The van der Waals surface area contributed by atoms with Crippen LogP contribution in [0.2, 0.25) is 0 Å². The number of nitrogens with zero attached hydrogens (tertiary/aromatic N) is 1. The average molecular weight is 462 g/mol. The molecule has 10 heteroatoms. The number of amides is 1. The summed E-state index contributed by atoms with van der Waals surface area (Å²) in [5.41, 5.74) is 2.06. The van der Waals surface area contributed by atoms with E-state index in [0.717, 1.165) is 9.90 Å². The molecule has 0 unspecified atom stereocenters. The number of thiazole rings is 1. The van der Waals surface area contributed by atoms with Gasteiger partial charge < -0.3 is 5.32 Å². The van der Waals surface area contributed by atoms with E-state index in [4.69, 9.17) is 5.14 Å². The number of ketones is 1. The minimum absolute atomic E-state index is 0.0239. The smallest absolute Gasteiger partial charge is 0.238 e. The van der Waals surface area contributed by atoms with E-state index in [1.54, 1.807) is 29.6 Å². The standard InChI is InChI=1S/C20H19N3O4S3/c21-30(26,27)17-8-6-14(7-9-17)11-22-19(25)10-16-12-28-20(23-16)29-13-18(24)15-4-2-1-3-5-15/h1-9,12H,10-11,13H2,(H,22,25)(H2,21,26,27).